The summed E-state index contributed by atoms with van der Waals surface area (Å²) in [4.78, 5) is 4.60. The van der Waals surface area contributed by atoms with E-state index in [1.807, 2.05) is 13.8 Å². The standard InChI is InChI=1S/C15H17ClN4/c1-9-12(8-17)15-18-10(2)13(14(16)20(15)19-9)11-6-4-3-5-7-11/h11H,3-7H2,1-2H3. The lowest BCUT2D eigenvalue weighted by molar-refractivity contribution is 0.440. The monoisotopic (exact) mass is 288 g/mol. The van der Waals surface area contributed by atoms with E-state index in [-0.39, 0.29) is 0 Å². The smallest absolute Gasteiger partial charge is 0.175 e. The van der Waals surface area contributed by atoms with E-state index in [1.54, 1.807) is 4.52 Å². The highest BCUT2D eigenvalue weighted by atomic mass is 35.5. The van der Waals surface area contributed by atoms with Crippen molar-refractivity contribution in [2.45, 2.75) is 51.9 Å². The fraction of sp³-hybridized carbons (Fsp3) is 0.533. The van der Waals surface area contributed by atoms with Crippen LogP contribution in [0.3, 0.4) is 0 Å². The molecule has 0 aliphatic heterocycles. The van der Waals surface area contributed by atoms with Crippen molar-refractivity contribution in [3.8, 4) is 6.07 Å². The molecule has 1 aliphatic rings. The maximum atomic E-state index is 9.22. The third kappa shape index (κ3) is 1.97. The zero-order valence-corrected chi connectivity index (χ0v) is 12.5. The van der Waals surface area contributed by atoms with Crippen molar-refractivity contribution in [2.24, 2.45) is 0 Å². The quantitative estimate of drug-likeness (QED) is 0.747. The summed E-state index contributed by atoms with van der Waals surface area (Å²) in [6, 6.07) is 2.17. The van der Waals surface area contributed by atoms with Crippen LogP contribution >= 0.6 is 11.6 Å². The van der Waals surface area contributed by atoms with Gasteiger partial charge in [0, 0.05) is 11.3 Å². The van der Waals surface area contributed by atoms with Crippen LogP contribution in [0.2, 0.25) is 5.15 Å². The molecule has 1 saturated carbocycles. The Hall–Kier alpha value is -1.60. The Morgan fingerprint density at radius 3 is 2.55 bits per heavy atom. The van der Waals surface area contributed by atoms with Gasteiger partial charge in [0.25, 0.3) is 0 Å². The first-order chi connectivity index (χ1) is 9.63. The molecule has 5 heteroatoms. The molecule has 104 valence electrons. The third-order valence-electron chi connectivity index (χ3n) is 4.23. The Kier molecular flexibility index (Phi) is 3.39. The predicted octanol–water partition coefficient (Wildman–Crippen LogP) is 3.92. The minimum absolute atomic E-state index is 0.475. The Morgan fingerprint density at radius 2 is 1.90 bits per heavy atom. The van der Waals surface area contributed by atoms with Crippen LogP contribution in [0.1, 0.15) is 60.5 Å². The largest absolute Gasteiger partial charge is 0.232 e. The first kappa shape index (κ1) is 13.4. The molecule has 0 N–H and O–H groups in total. The first-order valence-electron chi connectivity index (χ1n) is 7.09. The molecule has 2 aromatic heterocycles. The summed E-state index contributed by atoms with van der Waals surface area (Å²) in [6.45, 7) is 3.80. The lowest BCUT2D eigenvalue weighted by Crippen LogP contribution is -2.11. The van der Waals surface area contributed by atoms with Gasteiger partial charge in [0.15, 0.2) is 5.65 Å². The second kappa shape index (κ2) is 5.06. The molecule has 0 spiro atoms. The summed E-state index contributed by atoms with van der Waals surface area (Å²) in [5, 5.41) is 14.2. The van der Waals surface area contributed by atoms with Crippen LogP contribution in [0, 0.1) is 25.2 Å². The van der Waals surface area contributed by atoms with Crippen molar-refractivity contribution >= 4 is 17.2 Å². The number of hydrogen-bond acceptors (Lipinski definition) is 3. The first-order valence-corrected chi connectivity index (χ1v) is 7.46. The predicted molar refractivity (Wildman–Crippen MR) is 78.0 cm³/mol. The summed E-state index contributed by atoms with van der Waals surface area (Å²) >= 11 is 6.57. The van der Waals surface area contributed by atoms with Gasteiger partial charge >= 0.3 is 0 Å². The van der Waals surface area contributed by atoms with Crippen molar-refractivity contribution in [3.63, 3.8) is 0 Å². The van der Waals surface area contributed by atoms with E-state index >= 15 is 0 Å². The second-order valence-corrected chi connectivity index (χ2v) is 5.90. The summed E-state index contributed by atoms with van der Waals surface area (Å²) < 4.78 is 1.63. The Bertz CT molecular complexity index is 705. The molecule has 2 aromatic rings. The van der Waals surface area contributed by atoms with Gasteiger partial charge in [0.05, 0.1) is 5.69 Å². The van der Waals surface area contributed by atoms with Gasteiger partial charge in [-0.15, -0.1) is 0 Å². The molecule has 2 heterocycles. The number of fused-ring (bicyclic) bond motifs is 1. The van der Waals surface area contributed by atoms with E-state index in [9.17, 15) is 5.26 Å². The third-order valence-corrected chi connectivity index (χ3v) is 4.60. The molecular weight excluding hydrogens is 272 g/mol. The molecule has 0 atom stereocenters. The lowest BCUT2D eigenvalue weighted by atomic mass is 9.84. The minimum Gasteiger partial charge on any atom is -0.232 e. The molecule has 20 heavy (non-hydrogen) atoms. The number of aryl methyl sites for hydroxylation is 2. The SMILES string of the molecule is Cc1nc2c(C#N)c(C)nn2c(Cl)c1C1CCCCC1. The number of rotatable bonds is 1. The molecule has 0 amide bonds. The van der Waals surface area contributed by atoms with Crippen LogP contribution in [0.15, 0.2) is 0 Å². The van der Waals surface area contributed by atoms with Crippen molar-refractivity contribution in [1.82, 2.24) is 14.6 Å². The van der Waals surface area contributed by atoms with E-state index in [1.165, 1.54) is 32.1 Å². The highest BCUT2D eigenvalue weighted by Crippen LogP contribution is 2.38. The average Bonchev–Trinajstić information content (AvgIpc) is 2.76. The number of halogens is 1. The molecule has 1 fully saturated rings. The van der Waals surface area contributed by atoms with Gasteiger partial charge in [0.1, 0.15) is 16.8 Å². The minimum atomic E-state index is 0.475. The fourth-order valence-corrected chi connectivity index (χ4v) is 3.63. The second-order valence-electron chi connectivity index (χ2n) is 5.54. The van der Waals surface area contributed by atoms with Gasteiger partial charge in [-0.1, -0.05) is 30.9 Å². The van der Waals surface area contributed by atoms with Crippen LogP contribution in [0.25, 0.3) is 5.65 Å². The van der Waals surface area contributed by atoms with E-state index in [0.29, 0.717) is 28.0 Å². The van der Waals surface area contributed by atoms with Gasteiger partial charge < -0.3 is 0 Å². The molecule has 0 saturated heterocycles. The molecule has 3 rings (SSSR count). The summed E-state index contributed by atoms with van der Waals surface area (Å²) in [6.07, 6.45) is 6.14. The lowest BCUT2D eigenvalue weighted by Gasteiger charge is -2.24. The molecule has 0 aromatic carbocycles. The molecule has 0 unspecified atom stereocenters. The van der Waals surface area contributed by atoms with E-state index in [0.717, 1.165) is 11.3 Å². The molecular formula is C15H17ClN4. The van der Waals surface area contributed by atoms with Gasteiger partial charge in [-0.2, -0.15) is 10.4 Å². The van der Waals surface area contributed by atoms with Crippen molar-refractivity contribution in [3.05, 3.63) is 27.7 Å². The number of hydrogen-bond donors (Lipinski definition) is 0. The van der Waals surface area contributed by atoms with E-state index < -0.39 is 0 Å². The van der Waals surface area contributed by atoms with Crippen LogP contribution < -0.4 is 0 Å². The fourth-order valence-electron chi connectivity index (χ4n) is 3.22. The Balaban J connectivity index is 2.22. The summed E-state index contributed by atoms with van der Waals surface area (Å²) in [5.74, 6) is 0.475. The number of nitriles is 1. The summed E-state index contributed by atoms with van der Waals surface area (Å²) in [5.41, 5.74) is 3.83. The Morgan fingerprint density at radius 1 is 1.20 bits per heavy atom. The highest BCUT2D eigenvalue weighted by Gasteiger charge is 2.24. The van der Waals surface area contributed by atoms with Crippen molar-refractivity contribution < 1.29 is 0 Å². The normalized spacial score (nSPS) is 16.5. The van der Waals surface area contributed by atoms with Crippen LogP contribution in [-0.4, -0.2) is 14.6 Å². The summed E-state index contributed by atoms with van der Waals surface area (Å²) in [7, 11) is 0. The number of nitrogens with zero attached hydrogens (tertiary/aromatic N) is 4. The average molecular weight is 289 g/mol. The molecule has 4 nitrogen and oxygen atoms in total. The van der Waals surface area contributed by atoms with Gasteiger partial charge in [-0.05, 0) is 32.6 Å². The molecule has 1 aliphatic carbocycles. The molecule has 0 radical (unpaired) electrons. The van der Waals surface area contributed by atoms with E-state index in [2.05, 4.69) is 16.2 Å². The van der Waals surface area contributed by atoms with Gasteiger partial charge in [-0.25, -0.2) is 9.50 Å². The highest BCUT2D eigenvalue weighted by molar-refractivity contribution is 6.30. The molecule has 0 bridgehead atoms. The number of aromatic nitrogens is 3. The van der Waals surface area contributed by atoms with Gasteiger partial charge in [0.2, 0.25) is 0 Å². The Labute approximate surface area is 123 Å². The van der Waals surface area contributed by atoms with Crippen molar-refractivity contribution in [2.75, 3.05) is 0 Å². The maximum absolute atomic E-state index is 9.22. The van der Waals surface area contributed by atoms with Crippen LogP contribution in [0.5, 0.6) is 0 Å². The van der Waals surface area contributed by atoms with Gasteiger partial charge in [-0.3, -0.25) is 0 Å². The van der Waals surface area contributed by atoms with Crippen LogP contribution in [-0.2, 0) is 0 Å². The zero-order valence-electron chi connectivity index (χ0n) is 11.8. The topological polar surface area (TPSA) is 54.0 Å². The van der Waals surface area contributed by atoms with E-state index in [4.69, 9.17) is 11.6 Å². The van der Waals surface area contributed by atoms with Crippen molar-refractivity contribution in [1.29, 1.82) is 5.26 Å². The van der Waals surface area contributed by atoms with Crippen LogP contribution in [0.4, 0.5) is 0 Å². The zero-order chi connectivity index (χ0) is 14.3. The maximum Gasteiger partial charge on any atom is 0.175 e.